The monoisotopic (exact) mass is 300 g/mol. The summed E-state index contributed by atoms with van der Waals surface area (Å²) in [5.74, 6) is 0. The molecule has 0 aliphatic heterocycles. The van der Waals surface area contributed by atoms with Crippen molar-refractivity contribution in [2.45, 2.75) is 33.0 Å². The van der Waals surface area contributed by atoms with Crippen molar-refractivity contribution in [2.24, 2.45) is 0 Å². The molecule has 2 rings (SSSR count). The second-order valence-electron chi connectivity index (χ2n) is 4.47. The molecule has 0 spiro atoms. The molecule has 0 radical (unpaired) electrons. The summed E-state index contributed by atoms with van der Waals surface area (Å²) in [6, 6.07) is 4.27. The molecule has 1 aromatic heterocycles. The van der Waals surface area contributed by atoms with Crippen molar-refractivity contribution in [2.75, 3.05) is 5.32 Å². The Bertz CT molecular complexity index is 590. The Kier molecular flexibility index (Phi) is 4.32. The first-order chi connectivity index (χ1) is 9.40. The first kappa shape index (κ1) is 14.8. The molecule has 0 amide bonds. The molecule has 6 heteroatoms. The van der Waals surface area contributed by atoms with Gasteiger partial charge >= 0.3 is 6.18 Å². The zero-order chi connectivity index (χ0) is 14.8. The van der Waals surface area contributed by atoms with E-state index in [1.165, 1.54) is 13.0 Å². The Balaban J connectivity index is 2.10. The third kappa shape index (κ3) is 3.50. The molecule has 0 atom stereocenters. The zero-order valence-electron chi connectivity index (χ0n) is 11.2. The highest BCUT2D eigenvalue weighted by Crippen LogP contribution is 2.33. The maximum Gasteiger partial charge on any atom is 0.416 e. The third-order valence-electron chi connectivity index (χ3n) is 2.92. The first-order valence-electron chi connectivity index (χ1n) is 6.25. The summed E-state index contributed by atoms with van der Waals surface area (Å²) in [7, 11) is 0. The minimum absolute atomic E-state index is 0.227. The second-order valence-corrected chi connectivity index (χ2v) is 5.41. The van der Waals surface area contributed by atoms with Gasteiger partial charge in [-0.15, -0.1) is 11.3 Å². The summed E-state index contributed by atoms with van der Waals surface area (Å²) < 4.78 is 38.4. The van der Waals surface area contributed by atoms with E-state index in [0.29, 0.717) is 12.2 Å². The molecular formula is C14H15F3N2S. The SMILES string of the molecule is CCc1nc(CNc2ccc(C)c(C(F)(F)F)c2)cs1. The lowest BCUT2D eigenvalue weighted by Gasteiger charge is -2.12. The molecule has 0 bridgehead atoms. The quantitative estimate of drug-likeness (QED) is 0.889. The fourth-order valence-electron chi connectivity index (χ4n) is 1.82. The van der Waals surface area contributed by atoms with Crippen LogP contribution in [0.5, 0.6) is 0 Å². The lowest BCUT2D eigenvalue weighted by molar-refractivity contribution is -0.138. The number of nitrogens with one attached hydrogen (secondary N) is 1. The number of hydrogen-bond donors (Lipinski definition) is 1. The highest BCUT2D eigenvalue weighted by atomic mass is 32.1. The standard InChI is InChI=1S/C14H15F3N2S/c1-3-13-19-11(8-20-13)7-18-10-5-4-9(2)12(6-10)14(15,16)17/h4-6,8,18H,3,7H2,1-2H3. The van der Waals surface area contributed by atoms with E-state index in [1.807, 2.05) is 12.3 Å². The zero-order valence-corrected chi connectivity index (χ0v) is 12.0. The molecule has 1 heterocycles. The minimum atomic E-state index is -4.32. The number of thiazole rings is 1. The maximum absolute atomic E-state index is 12.8. The van der Waals surface area contributed by atoms with Gasteiger partial charge in [-0.25, -0.2) is 4.98 Å². The fraction of sp³-hybridized carbons (Fsp3) is 0.357. The van der Waals surface area contributed by atoms with Gasteiger partial charge in [-0.1, -0.05) is 13.0 Å². The number of benzene rings is 1. The summed E-state index contributed by atoms with van der Waals surface area (Å²) in [5, 5.41) is 5.93. The molecular weight excluding hydrogens is 285 g/mol. The molecule has 20 heavy (non-hydrogen) atoms. The van der Waals surface area contributed by atoms with Crippen LogP contribution in [0.1, 0.15) is 28.8 Å². The summed E-state index contributed by atoms with van der Waals surface area (Å²) in [5.41, 5.74) is 0.926. The van der Waals surface area contributed by atoms with Gasteiger partial charge < -0.3 is 5.32 Å². The highest BCUT2D eigenvalue weighted by Gasteiger charge is 2.32. The number of hydrogen-bond acceptors (Lipinski definition) is 3. The van der Waals surface area contributed by atoms with Gasteiger partial charge in [0, 0.05) is 11.1 Å². The van der Waals surface area contributed by atoms with Crippen LogP contribution in [0.3, 0.4) is 0 Å². The van der Waals surface area contributed by atoms with Crippen LogP contribution in [0.2, 0.25) is 0 Å². The Labute approximate surface area is 119 Å². The summed E-state index contributed by atoms with van der Waals surface area (Å²) in [6.45, 7) is 3.91. The van der Waals surface area contributed by atoms with E-state index in [-0.39, 0.29) is 5.56 Å². The fourth-order valence-corrected chi connectivity index (χ4v) is 2.57. The number of aryl methyl sites for hydroxylation is 2. The normalized spacial score (nSPS) is 11.7. The molecule has 0 aliphatic rings. The van der Waals surface area contributed by atoms with Gasteiger partial charge in [0.1, 0.15) is 0 Å². The first-order valence-corrected chi connectivity index (χ1v) is 7.13. The van der Waals surface area contributed by atoms with E-state index < -0.39 is 11.7 Å². The molecule has 0 saturated heterocycles. The Hall–Kier alpha value is -1.56. The minimum Gasteiger partial charge on any atom is -0.379 e. The van der Waals surface area contributed by atoms with Gasteiger partial charge in [-0.3, -0.25) is 0 Å². The Morgan fingerprint density at radius 1 is 1.30 bits per heavy atom. The Morgan fingerprint density at radius 2 is 2.05 bits per heavy atom. The molecule has 0 unspecified atom stereocenters. The number of aromatic nitrogens is 1. The van der Waals surface area contributed by atoms with E-state index >= 15 is 0 Å². The number of nitrogens with zero attached hydrogens (tertiary/aromatic N) is 1. The van der Waals surface area contributed by atoms with Gasteiger partial charge in [0.05, 0.1) is 22.8 Å². The van der Waals surface area contributed by atoms with Crippen LogP contribution >= 0.6 is 11.3 Å². The summed E-state index contributed by atoms with van der Waals surface area (Å²) in [6.07, 6.45) is -3.45. The highest BCUT2D eigenvalue weighted by molar-refractivity contribution is 7.09. The second kappa shape index (κ2) is 5.83. The summed E-state index contributed by atoms with van der Waals surface area (Å²) in [4.78, 5) is 4.37. The third-order valence-corrected chi connectivity index (χ3v) is 3.96. The van der Waals surface area contributed by atoms with Gasteiger partial charge in [-0.05, 0) is 31.0 Å². The largest absolute Gasteiger partial charge is 0.416 e. The van der Waals surface area contributed by atoms with Crippen LogP contribution in [0.4, 0.5) is 18.9 Å². The molecule has 0 saturated carbocycles. The average Bonchev–Trinajstić information content (AvgIpc) is 2.84. The molecule has 0 fully saturated rings. The van der Waals surface area contributed by atoms with E-state index in [9.17, 15) is 13.2 Å². The van der Waals surface area contributed by atoms with E-state index in [4.69, 9.17) is 0 Å². The van der Waals surface area contributed by atoms with Gasteiger partial charge in [0.2, 0.25) is 0 Å². The van der Waals surface area contributed by atoms with E-state index in [0.717, 1.165) is 23.2 Å². The van der Waals surface area contributed by atoms with Gasteiger partial charge in [0.15, 0.2) is 0 Å². The van der Waals surface area contributed by atoms with Crippen LogP contribution in [-0.4, -0.2) is 4.98 Å². The van der Waals surface area contributed by atoms with Crippen molar-refractivity contribution in [3.63, 3.8) is 0 Å². The van der Waals surface area contributed by atoms with Crippen LogP contribution in [0, 0.1) is 6.92 Å². The van der Waals surface area contributed by atoms with Crippen molar-refractivity contribution in [3.8, 4) is 0 Å². The topological polar surface area (TPSA) is 24.9 Å². The van der Waals surface area contributed by atoms with Crippen LogP contribution < -0.4 is 5.32 Å². The van der Waals surface area contributed by atoms with E-state index in [2.05, 4.69) is 10.3 Å². The van der Waals surface area contributed by atoms with Crippen molar-refractivity contribution in [1.29, 1.82) is 0 Å². The molecule has 2 aromatic rings. The predicted octanol–water partition coefficient (Wildman–Crippen LogP) is 4.64. The number of anilines is 1. The number of alkyl halides is 3. The maximum atomic E-state index is 12.8. The lowest BCUT2D eigenvalue weighted by atomic mass is 10.1. The molecule has 1 aromatic carbocycles. The molecule has 1 N–H and O–H groups in total. The molecule has 2 nitrogen and oxygen atoms in total. The van der Waals surface area contributed by atoms with Crippen LogP contribution in [0.25, 0.3) is 0 Å². The van der Waals surface area contributed by atoms with Crippen molar-refractivity contribution in [3.05, 3.63) is 45.4 Å². The average molecular weight is 300 g/mol. The van der Waals surface area contributed by atoms with Crippen LogP contribution in [0.15, 0.2) is 23.6 Å². The van der Waals surface area contributed by atoms with Gasteiger partial charge in [0.25, 0.3) is 0 Å². The smallest absolute Gasteiger partial charge is 0.379 e. The van der Waals surface area contributed by atoms with Crippen LogP contribution in [-0.2, 0) is 19.1 Å². The van der Waals surface area contributed by atoms with Crippen molar-refractivity contribution < 1.29 is 13.2 Å². The van der Waals surface area contributed by atoms with E-state index in [1.54, 1.807) is 17.4 Å². The van der Waals surface area contributed by atoms with Crippen molar-refractivity contribution >= 4 is 17.0 Å². The predicted molar refractivity (Wildman–Crippen MR) is 75.0 cm³/mol. The summed E-state index contributed by atoms with van der Waals surface area (Å²) >= 11 is 1.56. The number of halogens is 3. The van der Waals surface area contributed by atoms with Crippen molar-refractivity contribution in [1.82, 2.24) is 4.98 Å². The Morgan fingerprint density at radius 3 is 2.65 bits per heavy atom. The molecule has 108 valence electrons. The molecule has 0 aliphatic carbocycles. The lowest BCUT2D eigenvalue weighted by Crippen LogP contribution is -2.09. The number of rotatable bonds is 4. The van der Waals surface area contributed by atoms with Gasteiger partial charge in [-0.2, -0.15) is 13.2 Å².